The minimum atomic E-state index is -0.182. The Morgan fingerprint density at radius 2 is 0.917 bits per heavy atom. The van der Waals surface area contributed by atoms with Gasteiger partial charge in [-0.3, -0.25) is 4.57 Å². The van der Waals surface area contributed by atoms with Crippen molar-refractivity contribution in [1.82, 2.24) is 19.1 Å². The lowest BCUT2D eigenvalue weighted by molar-refractivity contribution is 0.661. The molecule has 0 radical (unpaired) electrons. The quantitative estimate of drug-likeness (QED) is 0.167. The van der Waals surface area contributed by atoms with Gasteiger partial charge in [0.2, 0.25) is 5.95 Å². The molecule has 4 heterocycles. The molecule has 0 amide bonds. The van der Waals surface area contributed by atoms with Crippen LogP contribution < -0.4 is 0 Å². The molecule has 14 aromatic rings. The molecule has 4 aromatic heterocycles. The molecular formula is C67H44N4S. The van der Waals surface area contributed by atoms with E-state index in [1.807, 2.05) is 11.3 Å². The number of thiophene rings is 1. The summed E-state index contributed by atoms with van der Waals surface area (Å²) in [5.41, 5.74) is 19.5. The average Bonchev–Trinajstić information content (AvgIpc) is 4.15. The summed E-state index contributed by atoms with van der Waals surface area (Å²) in [5, 5.41) is 7.42. The number of nitrogens with zero attached hydrogens (tertiary/aromatic N) is 4. The lowest BCUT2D eigenvalue weighted by Gasteiger charge is -2.21. The second kappa shape index (κ2) is 15.6. The van der Waals surface area contributed by atoms with Gasteiger partial charge in [0.1, 0.15) is 0 Å². The Balaban J connectivity index is 0.933. The fourth-order valence-corrected chi connectivity index (χ4v) is 13.0. The minimum absolute atomic E-state index is 0.182. The Morgan fingerprint density at radius 3 is 1.68 bits per heavy atom. The summed E-state index contributed by atoms with van der Waals surface area (Å²) < 4.78 is 7.26. The van der Waals surface area contributed by atoms with Crippen LogP contribution in [0, 0.1) is 0 Å². The molecule has 0 fully saturated rings. The highest BCUT2D eigenvalue weighted by Gasteiger charge is 2.36. The first kappa shape index (κ1) is 40.9. The van der Waals surface area contributed by atoms with Crippen LogP contribution in [0.15, 0.2) is 231 Å². The van der Waals surface area contributed by atoms with Gasteiger partial charge >= 0.3 is 0 Å². The van der Waals surface area contributed by atoms with Crippen molar-refractivity contribution in [3.8, 4) is 67.5 Å². The number of hydrogen-bond acceptors (Lipinski definition) is 3. The van der Waals surface area contributed by atoms with Crippen LogP contribution in [-0.2, 0) is 5.41 Å². The van der Waals surface area contributed by atoms with Gasteiger partial charge in [0, 0.05) is 63.9 Å². The Kier molecular flexibility index (Phi) is 8.84. The van der Waals surface area contributed by atoms with Crippen molar-refractivity contribution in [2.24, 2.45) is 0 Å². The summed E-state index contributed by atoms with van der Waals surface area (Å²) in [4.78, 5) is 10.8. The summed E-state index contributed by atoms with van der Waals surface area (Å²) in [6.07, 6.45) is 0. The molecular weight excluding hydrogens is 893 g/mol. The van der Waals surface area contributed by atoms with Crippen molar-refractivity contribution in [2.45, 2.75) is 19.3 Å². The maximum atomic E-state index is 5.41. The molecule has 0 saturated carbocycles. The number of para-hydroxylation sites is 2. The van der Waals surface area contributed by atoms with E-state index in [-0.39, 0.29) is 5.41 Å². The predicted molar refractivity (Wildman–Crippen MR) is 303 cm³/mol. The van der Waals surface area contributed by atoms with Crippen molar-refractivity contribution < 1.29 is 0 Å². The SMILES string of the molecule is CC1(C)c2ccccc2-c2cc3c4cc(-c5ccc6sc7cccc(-c8ccc9c(c8)c8ccccc8n9-c8ccccc8)c7c6c5)ccc4n(-c4nc(-c5ccccc5)cc(-c5ccccc5)n4)c3cc21. The first-order chi connectivity index (χ1) is 35.4. The van der Waals surface area contributed by atoms with Crippen molar-refractivity contribution in [3.05, 3.63) is 242 Å². The van der Waals surface area contributed by atoms with Gasteiger partial charge < -0.3 is 4.57 Å². The van der Waals surface area contributed by atoms with Crippen LogP contribution >= 0.6 is 11.3 Å². The third-order valence-corrected chi connectivity index (χ3v) is 16.5. The molecule has 15 rings (SSSR count). The number of hydrogen-bond donors (Lipinski definition) is 0. The van der Waals surface area contributed by atoms with Gasteiger partial charge in [-0.2, -0.15) is 0 Å². The van der Waals surface area contributed by atoms with Crippen LogP contribution in [0.1, 0.15) is 25.0 Å². The number of benzene rings is 10. The molecule has 1 aliphatic rings. The molecule has 0 aliphatic heterocycles. The van der Waals surface area contributed by atoms with Gasteiger partial charge in [-0.25, -0.2) is 9.97 Å². The largest absolute Gasteiger partial charge is 0.309 e. The topological polar surface area (TPSA) is 35.6 Å². The number of aromatic nitrogens is 4. The molecule has 0 spiro atoms. The number of fused-ring (bicyclic) bond motifs is 12. The molecule has 0 N–H and O–H groups in total. The first-order valence-corrected chi connectivity index (χ1v) is 25.5. The highest BCUT2D eigenvalue weighted by molar-refractivity contribution is 7.26. The van der Waals surface area contributed by atoms with E-state index in [9.17, 15) is 0 Å². The predicted octanol–water partition coefficient (Wildman–Crippen LogP) is 18.0. The zero-order chi connectivity index (χ0) is 47.7. The van der Waals surface area contributed by atoms with Crippen molar-refractivity contribution in [2.75, 3.05) is 0 Å². The van der Waals surface area contributed by atoms with Crippen LogP contribution in [0.4, 0.5) is 0 Å². The van der Waals surface area contributed by atoms with E-state index < -0.39 is 0 Å². The van der Waals surface area contributed by atoms with E-state index >= 15 is 0 Å². The average molecular weight is 937 g/mol. The van der Waals surface area contributed by atoms with E-state index in [2.05, 4.69) is 254 Å². The van der Waals surface area contributed by atoms with Crippen molar-refractivity contribution >= 4 is 75.1 Å². The second-order valence-corrected chi connectivity index (χ2v) is 20.8. The maximum absolute atomic E-state index is 5.41. The Bertz CT molecular complexity index is 4460. The van der Waals surface area contributed by atoms with Gasteiger partial charge in [0.05, 0.1) is 33.5 Å². The van der Waals surface area contributed by atoms with Gasteiger partial charge in [-0.1, -0.05) is 166 Å². The molecule has 338 valence electrons. The zero-order valence-electron chi connectivity index (χ0n) is 39.6. The van der Waals surface area contributed by atoms with Crippen molar-refractivity contribution in [3.63, 3.8) is 0 Å². The Morgan fingerprint density at radius 1 is 0.347 bits per heavy atom. The first-order valence-electron chi connectivity index (χ1n) is 24.7. The lowest BCUT2D eigenvalue weighted by atomic mass is 9.82. The molecule has 0 saturated heterocycles. The zero-order valence-corrected chi connectivity index (χ0v) is 40.5. The standard InChI is InChI=1S/C67H44N4S/c1-67(2)55-26-14-12-23-48(55)50-38-53-52-35-43(29-32-61(52)71(62(53)39-56(50)67)66-68-57(41-17-6-3-7-18-41)40-58(69-66)42-19-8-4-9-20-42)44-31-34-63-54(36-44)65-47(25-16-28-64(65)72-63)45-30-33-60-51(37-45)49-24-13-15-27-59(49)70(60)46-21-10-5-11-22-46/h3-40H,1-2H3. The molecule has 4 nitrogen and oxygen atoms in total. The molecule has 72 heavy (non-hydrogen) atoms. The van der Waals surface area contributed by atoms with E-state index in [4.69, 9.17) is 9.97 Å². The Hall–Kier alpha value is -8.90. The summed E-state index contributed by atoms with van der Waals surface area (Å²) in [5.74, 6) is 0.651. The third-order valence-electron chi connectivity index (χ3n) is 15.3. The molecule has 0 unspecified atom stereocenters. The summed E-state index contributed by atoms with van der Waals surface area (Å²) in [6.45, 7) is 4.71. The van der Waals surface area contributed by atoms with Gasteiger partial charge in [0.25, 0.3) is 0 Å². The summed E-state index contributed by atoms with van der Waals surface area (Å²) >= 11 is 1.87. The van der Waals surface area contributed by atoms with E-state index in [0.29, 0.717) is 5.95 Å². The highest BCUT2D eigenvalue weighted by atomic mass is 32.1. The normalized spacial score (nSPS) is 13.0. The highest BCUT2D eigenvalue weighted by Crippen LogP contribution is 2.51. The van der Waals surface area contributed by atoms with Crippen LogP contribution in [-0.4, -0.2) is 19.1 Å². The third kappa shape index (κ3) is 6.11. The van der Waals surface area contributed by atoms with Crippen LogP contribution in [0.5, 0.6) is 0 Å². The molecule has 1 aliphatic carbocycles. The van der Waals surface area contributed by atoms with Crippen LogP contribution in [0.3, 0.4) is 0 Å². The molecule has 5 heteroatoms. The summed E-state index contributed by atoms with van der Waals surface area (Å²) in [6, 6.07) is 84.2. The van der Waals surface area contributed by atoms with Crippen molar-refractivity contribution in [1.29, 1.82) is 0 Å². The maximum Gasteiger partial charge on any atom is 0.235 e. The summed E-state index contributed by atoms with van der Waals surface area (Å²) in [7, 11) is 0. The number of rotatable bonds is 6. The fourth-order valence-electron chi connectivity index (χ4n) is 11.9. The molecule has 10 aromatic carbocycles. The lowest BCUT2D eigenvalue weighted by Crippen LogP contribution is -2.15. The van der Waals surface area contributed by atoms with E-state index in [1.165, 1.54) is 103 Å². The fraction of sp³-hybridized carbons (Fsp3) is 0.0448. The van der Waals surface area contributed by atoms with E-state index in [0.717, 1.165) is 33.5 Å². The van der Waals surface area contributed by atoms with Crippen LogP contribution in [0.25, 0.3) is 131 Å². The van der Waals surface area contributed by atoms with Gasteiger partial charge in [0.15, 0.2) is 0 Å². The minimum Gasteiger partial charge on any atom is -0.309 e. The second-order valence-electron chi connectivity index (χ2n) is 19.7. The Labute approximate surface area is 420 Å². The smallest absolute Gasteiger partial charge is 0.235 e. The van der Waals surface area contributed by atoms with Gasteiger partial charge in [-0.15, -0.1) is 11.3 Å². The monoisotopic (exact) mass is 936 g/mol. The molecule has 0 atom stereocenters. The van der Waals surface area contributed by atoms with Gasteiger partial charge in [-0.05, 0) is 123 Å². The van der Waals surface area contributed by atoms with Crippen LogP contribution in [0.2, 0.25) is 0 Å². The molecule has 0 bridgehead atoms. The van der Waals surface area contributed by atoms with E-state index in [1.54, 1.807) is 0 Å².